The minimum Gasteiger partial charge on any atom is -0.489 e. The summed E-state index contributed by atoms with van der Waals surface area (Å²) in [4.78, 5) is 12.1. The largest absolute Gasteiger partial charge is 0.489 e. The molecule has 1 N–H and O–H groups in total. The molecule has 0 bridgehead atoms. The van der Waals surface area contributed by atoms with Crippen LogP contribution in [0.2, 0.25) is 5.02 Å². The average molecular weight is 389 g/mol. The summed E-state index contributed by atoms with van der Waals surface area (Å²) in [6.07, 6.45) is 0.165. The maximum Gasteiger partial charge on any atom is 0.228 e. The number of aryl methyl sites for hydroxylation is 2. The van der Waals surface area contributed by atoms with Crippen molar-refractivity contribution in [3.05, 3.63) is 75.9 Å². The molecule has 3 aromatic rings. The predicted octanol–water partition coefficient (Wildman–Crippen LogP) is 4.84. The van der Waals surface area contributed by atoms with E-state index in [0.29, 0.717) is 18.0 Å². The number of anilines is 1. The zero-order valence-corrected chi connectivity index (χ0v) is 15.6. The summed E-state index contributed by atoms with van der Waals surface area (Å²) in [7, 11) is 0. The molecule has 7 heteroatoms. The van der Waals surface area contributed by atoms with Crippen molar-refractivity contribution in [1.29, 1.82) is 0 Å². The van der Waals surface area contributed by atoms with Crippen molar-refractivity contribution in [3.63, 3.8) is 0 Å². The molecule has 1 aromatic heterocycles. The number of rotatable bonds is 6. The van der Waals surface area contributed by atoms with Crippen molar-refractivity contribution in [2.24, 2.45) is 0 Å². The number of aromatic nitrogens is 1. The number of nitrogens with zero attached hydrogens (tertiary/aromatic N) is 1. The first-order valence-electron chi connectivity index (χ1n) is 8.31. The first-order chi connectivity index (χ1) is 12.9. The highest BCUT2D eigenvalue weighted by Crippen LogP contribution is 2.23. The fourth-order valence-corrected chi connectivity index (χ4v) is 2.75. The molecule has 0 saturated carbocycles. The van der Waals surface area contributed by atoms with E-state index in [9.17, 15) is 9.18 Å². The Labute approximate surface area is 161 Å². The number of hydrogen-bond acceptors (Lipinski definition) is 4. The van der Waals surface area contributed by atoms with Gasteiger partial charge < -0.3 is 14.6 Å². The van der Waals surface area contributed by atoms with Crippen LogP contribution in [0.3, 0.4) is 0 Å². The van der Waals surface area contributed by atoms with Crippen LogP contribution in [0.5, 0.6) is 5.75 Å². The molecule has 1 amide bonds. The molecule has 2 aromatic carbocycles. The summed E-state index contributed by atoms with van der Waals surface area (Å²) in [6.45, 7) is 4.07. The second-order valence-electron chi connectivity index (χ2n) is 6.08. The van der Waals surface area contributed by atoms with Crippen LogP contribution in [0.1, 0.15) is 22.6 Å². The van der Waals surface area contributed by atoms with Crippen LogP contribution >= 0.6 is 11.6 Å². The van der Waals surface area contributed by atoms with E-state index in [1.165, 1.54) is 12.1 Å². The summed E-state index contributed by atoms with van der Waals surface area (Å²) in [5.74, 6) is 0.721. The lowest BCUT2D eigenvalue weighted by Crippen LogP contribution is -2.14. The minimum absolute atomic E-state index is 0.159. The lowest BCUT2D eigenvalue weighted by molar-refractivity contribution is -0.115. The first kappa shape index (κ1) is 18.9. The Morgan fingerprint density at radius 1 is 1.22 bits per heavy atom. The quantitative estimate of drug-likeness (QED) is 0.656. The molecule has 140 valence electrons. The number of amides is 1. The van der Waals surface area contributed by atoms with Crippen molar-refractivity contribution in [2.75, 3.05) is 5.32 Å². The summed E-state index contributed by atoms with van der Waals surface area (Å²) < 4.78 is 23.9. The summed E-state index contributed by atoms with van der Waals surface area (Å²) in [5, 5.41) is 6.72. The van der Waals surface area contributed by atoms with Gasteiger partial charge in [0.1, 0.15) is 23.9 Å². The third-order valence-electron chi connectivity index (χ3n) is 4.06. The molecule has 0 spiro atoms. The Morgan fingerprint density at radius 3 is 2.59 bits per heavy atom. The lowest BCUT2D eigenvalue weighted by atomic mass is 10.1. The van der Waals surface area contributed by atoms with Crippen molar-refractivity contribution in [1.82, 2.24) is 5.16 Å². The maximum atomic E-state index is 13.0. The van der Waals surface area contributed by atoms with Gasteiger partial charge in [-0.15, -0.1) is 0 Å². The first-order valence-corrected chi connectivity index (χ1v) is 8.68. The maximum absolute atomic E-state index is 13.0. The van der Waals surface area contributed by atoms with Crippen molar-refractivity contribution in [3.8, 4) is 5.75 Å². The van der Waals surface area contributed by atoms with Crippen LogP contribution in [-0.4, -0.2) is 11.1 Å². The average Bonchev–Trinajstić information content (AvgIpc) is 2.95. The molecule has 0 aliphatic rings. The van der Waals surface area contributed by atoms with E-state index in [0.717, 1.165) is 28.6 Å². The molecular formula is C20H18ClFN2O3. The van der Waals surface area contributed by atoms with Crippen molar-refractivity contribution < 1.29 is 18.4 Å². The number of hydrogen-bond donors (Lipinski definition) is 1. The number of nitrogens with one attached hydrogen (secondary N) is 1. The molecule has 0 unspecified atom stereocenters. The lowest BCUT2D eigenvalue weighted by Gasteiger charge is -2.09. The molecule has 1 heterocycles. The number of ether oxygens (including phenoxy) is 1. The molecule has 3 rings (SSSR count). The number of benzene rings is 2. The number of halogens is 2. The van der Waals surface area contributed by atoms with Gasteiger partial charge in [0.15, 0.2) is 0 Å². The van der Waals surface area contributed by atoms with Gasteiger partial charge in [0.25, 0.3) is 0 Å². The zero-order valence-electron chi connectivity index (χ0n) is 14.9. The number of carbonyl (C=O) groups excluding carboxylic acids is 1. The standard InChI is InChI=1S/C20H18ClFN2O3/c1-12-17(13(2)27-24-12)11-26-16-6-3-14(4-7-16)9-20(25)23-19-8-5-15(22)10-18(19)21/h3-8,10H,9,11H2,1-2H3,(H,23,25). The smallest absolute Gasteiger partial charge is 0.228 e. The molecule has 0 aliphatic carbocycles. The minimum atomic E-state index is -0.454. The van der Waals surface area contributed by atoms with Gasteiger partial charge in [-0.2, -0.15) is 0 Å². The van der Waals surface area contributed by atoms with E-state index in [4.69, 9.17) is 20.9 Å². The highest BCUT2D eigenvalue weighted by molar-refractivity contribution is 6.33. The van der Waals surface area contributed by atoms with E-state index in [1.54, 1.807) is 12.1 Å². The van der Waals surface area contributed by atoms with E-state index in [2.05, 4.69) is 10.5 Å². The summed E-state index contributed by atoms with van der Waals surface area (Å²) in [5.41, 5.74) is 2.92. The van der Waals surface area contributed by atoms with Gasteiger partial charge >= 0.3 is 0 Å². The predicted molar refractivity (Wildman–Crippen MR) is 100 cm³/mol. The Hall–Kier alpha value is -2.86. The summed E-state index contributed by atoms with van der Waals surface area (Å²) in [6, 6.07) is 11.1. The Kier molecular flexibility index (Phi) is 5.76. The van der Waals surface area contributed by atoms with Crippen LogP contribution in [0.25, 0.3) is 0 Å². The van der Waals surface area contributed by atoms with E-state index in [1.807, 2.05) is 26.0 Å². The van der Waals surface area contributed by atoms with E-state index >= 15 is 0 Å². The molecule has 0 radical (unpaired) electrons. The van der Waals surface area contributed by atoms with Crippen LogP contribution in [0, 0.1) is 19.7 Å². The molecule has 0 aliphatic heterocycles. The Morgan fingerprint density at radius 2 is 1.96 bits per heavy atom. The highest BCUT2D eigenvalue weighted by Gasteiger charge is 2.10. The molecule has 0 atom stereocenters. The third-order valence-corrected chi connectivity index (χ3v) is 4.37. The van der Waals surface area contributed by atoms with Crippen LogP contribution in [0.15, 0.2) is 47.0 Å². The van der Waals surface area contributed by atoms with Crippen molar-refractivity contribution in [2.45, 2.75) is 26.9 Å². The third kappa shape index (κ3) is 4.86. The van der Waals surface area contributed by atoms with Gasteiger partial charge in [0, 0.05) is 0 Å². The molecule has 0 fully saturated rings. The molecule has 27 heavy (non-hydrogen) atoms. The van der Waals surface area contributed by atoms with E-state index < -0.39 is 5.82 Å². The van der Waals surface area contributed by atoms with E-state index in [-0.39, 0.29) is 17.4 Å². The Balaban J connectivity index is 1.56. The van der Waals surface area contributed by atoms with Gasteiger partial charge in [-0.05, 0) is 49.7 Å². The van der Waals surface area contributed by atoms with Crippen LogP contribution in [0.4, 0.5) is 10.1 Å². The normalized spacial score (nSPS) is 10.7. The molecule has 0 saturated heterocycles. The summed E-state index contributed by atoms with van der Waals surface area (Å²) >= 11 is 5.91. The molecular weight excluding hydrogens is 371 g/mol. The fraction of sp³-hybridized carbons (Fsp3) is 0.200. The van der Waals surface area contributed by atoms with Gasteiger partial charge in [-0.25, -0.2) is 4.39 Å². The topological polar surface area (TPSA) is 64.4 Å². The number of carbonyl (C=O) groups is 1. The Bertz CT molecular complexity index is 935. The SMILES string of the molecule is Cc1noc(C)c1COc1ccc(CC(=O)Nc2ccc(F)cc2Cl)cc1. The van der Waals surface area contributed by atoms with Crippen LogP contribution in [-0.2, 0) is 17.8 Å². The van der Waals surface area contributed by atoms with Crippen molar-refractivity contribution >= 4 is 23.2 Å². The second-order valence-corrected chi connectivity index (χ2v) is 6.49. The fourth-order valence-electron chi connectivity index (χ4n) is 2.54. The second kappa shape index (κ2) is 8.22. The van der Waals surface area contributed by atoms with Gasteiger partial charge in [-0.3, -0.25) is 4.79 Å². The van der Waals surface area contributed by atoms with Gasteiger partial charge in [0.05, 0.1) is 28.4 Å². The molecule has 5 nitrogen and oxygen atoms in total. The van der Waals surface area contributed by atoms with Gasteiger partial charge in [0.2, 0.25) is 5.91 Å². The van der Waals surface area contributed by atoms with Crippen LogP contribution < -0.4 is 10.1 Å². The van der Waals surface area contributed by atoms with Gasteiger partial charge in [-0.1, -0.05) is 28.9 Å². The monoisotopic (exact) mass is 388 g/mol. The highest BCUT2D eigenvalue weighted by atomic mass is 35.5. The zero-order chi connectivity index (χ0) is 19.4.